The van der Waals surface area contributed by atoms with E-state index >= 15 is 0 Å². The summed E-state index contributed by atoms with van der Waals surface area (Å²) in [5.41, 5.74) is 0. The minimum absolute atomic E-state index is 1.20. The van der Waals surface area contributed by atoms with Crippen molar-refractivity contribution in [3.05, 3.63) is 31.4 Å². The van der Waals surface area contributed by atoms with Gasteiger partial charge in [-0.05, 0) is 12.8 Å². The standard InChI is InChI=1S/C9H18.C3H4N2/c1-3-5-7-9-8-6-4-2;1-2-5-3-4-1/h3H,1,4-9H2,2H3;1-3H,(H,4,5). The first-order valence-corrected chi connectivity index (χ1v) is 5.45. The minimum Gasteiger partial charge on any atom is -0.351 e. The molecule has 0 aliphatic heterocycles. The zero-order valence-electron chi connectivity index (χ0n) is 9.21. The summed E-state index contributed by atoms with van der Waals surface area (Å²) in [7, 11) is 0. The second-order valence-corrected chi connectivity index (χ2v) is 3.25. The Balaban J connectivity index is 0.000000280. The van der Waals surface area contributed by atoms with Gasteiger partial charge < -0.3 is 4.98 Å². The van der Waals surface area contributed by atoms with Crippen molar-refractivity contribution in [2.75, 3.05) is 0 Å². The van der Waals surface area contributed by atoms with Gasteiger partial charge >= 0.3 is 0 Å². The van der Waals surface area contributed by atoms with Gasteiger partial charge in [0, 0.05) is 12.4 Å². The van der Waals surface area contributed by atoms with Crippen molar-refractivity contribution in [1.29, 1.82) is 0 Å². The highest BCUT2D eigenvalue weighted by atomic mass is 14.8. The Morgan fingerprint density at radius 2 is 2.07 bits per heavy atom. The fraction of sp³-hybridized carbons (Fsp3) is 0.583. The Hall–Kier alpha value is -1.05. The monoisotopic (exact) mass is 194 g/mol. The molecule has 0 spiro atoms. The summed E-state index contributed by atoms with van der Waals surface area (Å²) < 4.78 is 0. The van der Waals surface area contributed by atoms with Gasteiger partial charge in [0.2, 0.25) is 0 Å². The van der Waals surface area contributed by atoms with Crippen LogP contribution in [-0.4, -0.2) is 9.97 Å². The molecule has 1 rings (SSSR count). The number of unbranched alkanes of at least 4 members (excludes halogenated alkanes) is 5. The van der Waals surface area contributed by atoms with E-state index in [1.54, 1.807) is 18.7 Å². The topological polar surface area (TPSA) is 28.7 Å². The van der Waals surface area contributed by atoms with Gasteiger partial charge in [-0.25, -0.2) is 4.98 Å². The van der Waals surface area contributed by atoms with Crippen molar-refractivity contribution < 1.29 is 0 Å². The summed E-state index contributed by atoms with van der Waals surface area (Å²) >= 11 is 0. The first-order chi connectivity index (χ1) is 6.91. The molecule has 0 atom stereocenters. The summed E-state index contributed by atoms with van der Waals surface area (Å²) in [5.74, 6) is 0. The second-order valence-electron chi connectivity index (χ2n) is 3.25. The predicted octanol–water partition coefficient (Wildman–Crippen LogP) is 3.94. The van der Waals surface area contributed by atoms with Crippen molar-refractivity contribution in [3.63, 3.8) is 0 Å². The number of aromatic nitrogens is 2. The molecular formula is C12H22N2. The zero-order valence-corrected chi connectivity index (χ0v) is 9.21. The van der Waals surface area contributed by atoms with E-state index in [2.05, 4.69) is 23.5 Å². The number of allylic oxidation sites excluding steroid dienone is 1. The highest BCUT2D eigenvalue weighted by Crippen LogP contribution is 2.04. The first kappa shape index (κ1) is 12.9. The van der Waals surface area contributed by atoms with E-state index < -0.39 is 0 Å². The van der Waals surface area contributed by atoms with Gasteiger partial charge in [-0.1, -0.05) is 38.7 Å². The van der Waals surface area contributed by atoms with Gasteiger partial charge in [0.1, 0.15) is 0 Å². The lowest BCUT2D eigenvalue weighted by atomic mass is 10.1. The quantitative estimate of drug-likeness (QED) is 0.539. The van der Waals surface area contributed by atoms with E-state index in [-0.39, 0.29) is 0 Å². The fourth-order valence-electron chi connectivity index (χ4n) is 1.11. The number of nitrogens with one attached hydrogen (secondary N) is 1. The average molecular weight is 194 g/mol. The van der Waals surface area contributed by atoms with Crippen molar-refractivity contribution in [1.82, 2.24) is 9.97 Å². The van der Waals surface area contributed by atoms with Crippen molar-refractivity contribution in [3.8, 4) is 0 Å². The normalized spacial score (nSPS) is 8.93. The Bertz CT molecular complexity index is 163. The molecule has 0 unspecified atom stereocenters. The molecule has 1 heterocycles. The second kappa shape index (κ2) is 11.9. The largest absolute Gasteiger partial charge is 0.351 e. The van der Waals surface area contributed by atoms with Crippen LogP contribution in [0, 0.1) is 0 Å². The fourth-order valence-corrected chi connectivity index (χ4v) is 1.11. The third kappa shape index (κ3) is 11.0. The molecule has 1 aromatic rings. The van der Waals surface area contributed by atoms with Crippen molar-refractivity contribution in [2.24, 2.45) is 0 Å². The van der Waals surface area contributed by atoms with Crippen LogP contribution in [0.4, 0.5) is 0 Å². The third-order valence-corrected chi connectivity index (χ3v) is 1.92. The Labute approximate surface area is 87.5 Å². The molecule has 0 fully saturated rings. The van der Waals surface area contributed by atoms with E-state index in [1.165, 1.54) is 38.5 Å². The van der Waals surface area contributed by atoms with Crippen molar-refractivity contribution in [2.45, 2.75) is 45.4 Å². The molecule has 2 nitrogen and oxygen atoms in total. The smallest absolute Gasteiger partial charge is 0.0919 e. The maximum Gasteiger partial charge on any atom is 0.0919 e. The molecule has 0 radical (unpaired) electrons. The Kier molecular flexibility index (Phi) is 11.1. The number of nitrogens with zero attached hydrogens (tertiary/aromatic N) is 1. The predicted molar refractivity (Wildman–Crippen MR) is 62.2 cm³/mol. The number of rotatable bonds is 6. The van der Waals surface area contributed by atoms with Gasteiger partial charge in [-0.3, -0.25) is 0 Å². The molecule has 0 aromatic carbocycles. The molecule has 80 valence electrons. The van der Waals surface area contributed by atoms with Crippen LogP contribution in [-0.2, 0) is 0 Å². The SMILES string of the molecule is C=CCCCCCCC.c1c[nH]cn1. The Morgan fingerprint density at radius 1 is 1.29 bits per heavy atom. The molecule has 1 aromatic heterocycles. The molecule has 0 aliphatic rings. The highest BCUT2D eigenvalue weighted by Gasteiger charge is 1.84. The number of hydrogen-bond donors (Lipinski definition) is 1. The average Bonchev–Trinajstić information content (AvgIpc) is 2.76. The van der Waals surface area contributed by atoms with Crippen LogP contribution in [0.1, 0.15) is 45.4 Å². The highest BCUT2D eigenvalue weighted by molar-refractivity contribution is 4.65. The molecule has 2 heteroatoms. The van der Waals surface area contributed by atoms with Crippen LogP contribution >= 0.6 is 0 Å². The van der Waals surface area contributed by atoms with E-state index in [1.807, 2.05) is 6.08 Å². The van der Waals surface area contributed by atoms with Crippen molar-refractivity contribution >= 4 is 0 Å². The lowest BCUT2D eigenvalue weighted by molar-refractivity contribution is 0.638. The van der Waals surface area contributed by atoms with E-state index in [9.17, 15) is 0 Å². The Morgan fingerprint density at radius 3 is 2.50 bits per heavy atom. The molecule has 0 aliphatic carbocycles. The maximum atomic E-state index is 3.68. The minimum atomic E-state index is 1.20. The summed E-state index contributed by atoms with van der Waals surface area (Å²) in [6.07, 6.45) is 15.2. The maximum absolute atomic E-state index is 3.68. The molecule has 14 heavy (non-hydrogen) atoms. The molecule has 0 saturated carbocycles. The molecular weight excluding hydrogens is 172 g/mol. The summed E-state index contributed by atoms with van der Waals surface area (Å²) in [6.45, 7) is 5.92. The number of hydrogen-bond acceptors (Lipinski definition) is 1. The summed E-state index contributed by atoms with van der Waals surface area (Å²) in [4.78, 5) is 6.42. The van der Waals surface area contributed by atoms with Crippen LogP contribution in [0.3, 0.4) is 0 Å². The number of H-pyrrole nitrogens is 1. The molecule has 0 saturated heterocycles. The van der Waals surface area contributed by atoms with Gasteiger partial charge in [-0.15, -0.1) is 6.58 Å². The molecule has 1 N–H and O–H groups in total. The summed E-state index contributed by atoms with van der Waals surface area (Å²) in [6, 6.07) is 0. The van der Waals surface area contributed by atoms with E-state index in [0.29, 0.717) is 0 Å². The van der Waals surface area contributed by atoms with Gasteiger partial charge in [0.15, 0.2) is 0 Å². The number of aromatic amines is 1. The molecule has 0 amide bonds. The first-order valence-electron chi connectivity index (χ1n) is 5.45. The zero-order chi connectivity index (χ0) is 10.5. The van der Waals surface area contributed by atoms with Crippen LogP contribution in [0.5, 0.6) is 0 Å². The van der Waals surface area contributed by atoms with E-state index in [0.717, 1.165) is 0 Å². The van der Waals surface area contributed by atoms with Gasteiger partial charge in [0.25, 0.3) is 0 Å². The van der Waals surface area contributed by atoms with Gasteiger partial charge in [0.05, 0.1) is 6.33 Å². The molecule has 0 bridgehead atoms. The lowest BCUT2D eigenvalue weighted by Gasteiger charge is -1.94. The van der Waals surface area contributed by atoms with Crippen LogP contribution < -0.4 is 0 Å². The van der Waals surface area contributed by atoms with Crippen LogP contribution in [0.15, 0.2) is 31.4 Å². The summed E-state index contributed by atoms with van der Waals surface area (Å²) in [5, 5.41) is 0. The third-order valence-electron chi connectivity index (χ3n) is 1.92. The van der Waals surface area contributed by atoms with Crippen LogP contribution in [0.2, 0.25) is 0 Å². The number of imidazole rings is 1. The van der Waals surface area contributed by atoms with Crippen LogP contribution in [0.25, 0.3) is 0 Å². The van der Waals surface area contributed by atoms with E-state index in [4.69, 9.17) is 0 Å². The van der Waals surface area contributed by atoms with Gasteiger partial charge in [-0.2, -0.15) is 0 Å². The lowest BCUT2D eigenvalue weighted by Crippen LogP contribution is -1.74.